The van der Waals surface area contributed by atoms with E-state index < -0.39 is 0 Å². The number of aliphatic hydroxyl groups is 1. The van der Waals surface area contributed by atoms with Crippen LogP contribution >= 0.6 is 0 Å². The van der Waals surface area contributed by atoms with Crippen molar-refractivity contribution >= 4 is 0 Å². The van der Waals surface area contributed by atoms with Crippen molar-refractivity contribution < 1.29 is 9.84 Å². The van der Waals surface area contributed by atoms with Crippen molar-refractivity contribution in [2.24, 2.45) is 0 Å². The first-order chi connectivity index (χ1) is 6.66. The topological polar surface area (TPSA) is 29.5 Å². The second-order valence-corrected chi connectivity index (χ2v) is 3.59. The third-order valence-electron chi connectivity index (χ3n) is 2.88. The Morgan fingerprint density at radius 3 is 2.29 bits per heavy atom. The highest BCUT2D eigenvalue weighted by molar-refractivity contribution is 4.87. The number of hydrogen-bond donors (Lipinski definition) is 1. The zero-order chi connectivity index (χ0) is 11.0. The first kappa shape index (κ1) is 13.7. The van der Waals surface area contributed by atoms with E-state index in [-0.39, 0.29) is 11.7 Å². The number of rotatable bonds is 8. The SMILES string of the molecule is C=CCCC(O)C(CC)(CC)OCC. The Hall–Kier alpha value is -0.340. The Kier molecular flexibility index (Phi) is 6.85. The molecule has 0 aliphatic carbocycles. The summed E-state index contributed by atoms with van der Waals surface area (Å²) in [5.74, 6) is 0. The van der Waals surface area contributed by atoms with E-state index in [0.29, 0.717) is 6.61 Å². The minimum absolute atomic E-state index is 0.349. The average Bonchev–Trinajstić information content (AvgIpc) is 2.22. The molecule has 0 saturated carbocycles. The van der Waals surface area contributed by atoms with Gasteiger partial charge in [-0.05, 0) is 32.6 Å². The van der Waals surface area contributed by atoms with E-state index in [9.17, 15) is 5.11 Å². The molecule has 0 rings (SSSR count). The summed E-state index contributed by atoms with van der Waals surface area (Å²) in [6, 6.07) is 0. The molecule has 0 aliphatic rings. The van der Waals surface area contributed by atoms with Gasteiger partial charge in [0.25, 0.3) is 0 Å². The molecule has 84 valence electrons. The molecule has 0 aromatic heterocycles. The van der Waals surface area contributed by atoms with Gasteiger partial charge >= 0.3 is 0 Å². The Labute approximate surface area is 88.0 Å². The normalized spacial score (nSPS) is 14.0. The van der Waals surface area contributed by atoms with Gasteiger partial charge in [-0.15, -0.1) is 6.58 Å². The summed E-state index contributed by atoms with van der Waals surface area (Å²) in [5, 5.41) is 10.0. The van der Waals surface area contributed by atoms with Crippen LogP contribution in [0.15, 0.2) is 12.7 Å². The summed E-state index contributed by atoms with van der Waals surface area (Å²) in [6.45, 7) is 10.4. The van der Waals surface area contributed by atoms with Crippen molar-refractivity contribution in [1.82, 2.24) is 0 Å². The van der Waals surface area contributed by atoms with Crippen LogP contribution in [0.1, 0.15) is 46.5 Å². The van der Waals surface area contributed by atoms with Crippen molar-refractivity contribution in [2.75, 3.05) is 6.61 Å². The molecule has 0 radical (unpaired) electrons. The Morgan fingerprint density at radius 1 is 1.36 bits per heavy atom. The molecule has 0 fully saturated rings. The van der Waals surface area contributed by atoms with Crippen molar-refractivity contribution in [3.05, 3.63) is 12.7 Å². The molecule has 0 bridgehead atoms. The third kappa shape index (κ3) is 3.43. The summed E-state index contributed by atoms with van der Waals surface area (Å²) < 4.78 is 5.70. The molecular weight excluding hydrogens is 176 g/mol. The second kappa shape index (κ2) is 7.02. The summed E-state index contributed by atoms with van der Waals surface area (Å²) in [6.07, 6.45) is 4.76. The van der Waals surface area contributed by atoms with Crippen LogP contribution < -0.4 is 0 Å². The van der Waals surface area contributed by atoms with Crippen LogP contribution in [0.4, 0.5) is 0 Å². The van der Waals surface area contributed by atoms with E-state index in [1.807, 2.05) is 13.0 Å². The fourth-order valence-electron chi connectivity index (χ4n) is 1.85. The monoisotopic (exact) mass is 200 g/mol. The first-order valence-electron chi connectivity index (χ1n) is 5.59. The Morgan fingerprint density at radius 2 is 1.93 bits per heavy atom. The van der Waals surface area contributed by atoms with Gasteiger partial charge in [0.2, 0.25) is 0 Å². The lowest BCUT2D eigenvalue weighted by atomic mass is 9.87. The summed E-state index contributed by atoms with van der Waals surface area (Å²) >= 11 is 0. The van der Waals surface area contributed by atoms with E-state index in [1.54, 1.807) is 0 Å². The molecule has 0 saturated heterocycles. The summed E-state index contributed by atoms with van der Waals surface area (Å²) in [5.41, 5.74) is -0.349. The first-order valence-corrected chi connectivity index (χ1v) is 5.59. The van der Waals surface area contributed by atoms with Gasteiger partial charge in [-0.1, -0.05) is 19.9 Å². The smallest absolute Gasteiger partial charge is 0.0934 e. The van der Waals surface area contributed by atoms with Gasteiger partial charge < -0.3 is 9.84 Å². The molecule has 0 aliphatic heterocycles. The molecule has 0 spiro atoms. The Balaban J connectivity index is 4.35. The lowest BCUT2D eigenvalue weighted by Crippen LogP contribution is -2.44. The average molecular weight is 200 g/mol. The maximum atomic E-state index is 10.0. The van der Waals surface area contributed by atoms with E-state index >= 15 is 0 Å². The lowest BCUT2D eigenvalue weighted by molar-refractivity contribution is -0.126. The van der Waals surface area contributed by atoms with Crippen LogP contribution in [0.5, 0.6) is 0 Å². The fraction of sp³-hybridized carbons (Fsp3) is 0.833. The summed E-state index contributed by atoms with van der Waals surface area (Å²) in [4.78, 5) is 0. The van der Waals surface area contributed by atoms with E-state index in [0.717, 1.165) is 25.7 Å². The van der Waals surface area contributed by atoms with E-state index in [1.165, 1.54) is 0 Å². The van der Waals surface area contributed by atoms with Gasteiger partial charge in [0.05, 0.1) is 11.7 Å². The predicted octanol–water partition coefficient (Wildman–Crippen LogP) is 2.91. The van der Waals surface area contributed by atoms with Gasteiger partial charge in [0.15, 0.2) is 0 Å². The third-order valence-corrected chi connectivity index (χ3v) is 2.88. The van der Waals surface area contributed by atoms with Crippen LogP contribution in [0.2, 0.25) is 0 Å². The highest BCUT2D eigenvalue weighted by Crippen LogP contribution is 2.27. The highest BCUT2D eigenvalue weighted by Gasteiger charge is 2.34. The number of ether oxygens (including phenoxy) is 1. The molecule has 1 unspecified atom stereocenters. The molecular formula is C12H24O2. The van der Waals surface area contributed by atoms with E-state index in [2.05, 4.69) is 20.4 Å². The molecule has 0 aromatic rings. The minimum atomic E-state index is -0.379. The van der Waals surface area contributed by atoms with Gasteiger partial charge in [-0.25, -0.2) is 0 Å². The molecule has 0 amide bonds. The fourth-order valence-corrected chi connectivity index (χ4v) is 1.85. The van der Waals surface area contributed by atoms with Crippen molar-refractivity contribution in [2.45, 2.75) is 58.2 Å². The van der Waals surface area contributed by atoms with Crippen molar-refractivity contribution in [1.29, 1.82) is 0 Å². The standard InChI is InChI=1S/C12H24O2/c1-5-9-10-11(13)12(6-2,7-3)14-8-4/h5,11,13H,1,6-10H2,2-4H3. The van der Waals surface area contributed by atoms with Gasteiger partial charge in [-0.3, -0.25) is 0 Å². The van der Waals surface area contributed by atoms with Crippen LogP contribution in [-0.4, -0.2) is 23.4 Å². The van der Waals surface area contributed by atoms with Crippen molar-refractivity contribution in [3.63, 3.8) is 0 Å². The lowest BCUT2D eigenvalue weighted by Gasteiger charge is -2.36. The quantitative estimate of drug-likeness (QED) is 0.610. The molecule has 1 N–H and O–H groups in total. The largest absolute Gasteiger partial charge is 0.390 e. The van der Waals surface area contributed by atoms with Crippen LogP contribution in [0.3, 0.4) is 0 Å². The molecule has 0 aromatic carbocycles. The Bertz CT molecular complexity index is 150. The molecule has 1 atom stereocenters. The second-order valence-electron chi connectivity index (χ2n) is 3.59. The van der Waals surface area contributed by atoms with Crippen LogP contribution in [-0.2, 0) is 4.74 Å². The molecule has 0 heterocycles. The van der Waals surface area contributed by atoms with Gasteiger partial charge in [0.1, 0.15) is 0 Å². The highest BCUT2D eigenvalue weighted by atomic mass is 16.5. The van der Waals surface area contributed by atoms with Gasteiger partial charge in [-0.2, -0.15) is 0 Å². The zero-order valence-corrected chi connectivity index (χ0v) is 9.75. The number of aliphatic hydroxyl groups excluding tert-OH is 1. The molecule has 2 heteroatoms. The zero-order valence-electron chi connectivity index (χ0n) is 9.75. The number of hydrogen-bond acceptors (Lipinski definition) is 2. The van der Waals surface area contributed by atoms with Crippen LogP contribution in [0, 0.1) is 0 Å². The van der Waals surface area contributed by atoms with Gasteiger partial charge in [0, 0.05) is 6.61 Å². The maximum absolute atomic E-state index is 10.0. The predicted molar refractivity (Wildman–Crippen MR) is 60.4 cm³/mol. The number of allylic oxidation sites excluding steroid dienone is 1. The summed E-state index contributed by atoms with van der Waals surface area (Å²) in [7, 11) is 0. The van der Waals surface area contributed by atoms with E-state index in [4.69, 9.17) is 4.74 Å². The minimum Gasteiger partial charge on any atom is -0.390 e. The van der Waals surface area contributed by atoms with Crippen LogP contribution in [0.25, 0.3) is 0 Å². The molecule has 2 nitrogen and oxygen atoms in total. The maximum Gasteiger partial charge on any atom is 0.0934 e. The van der Waals surface area contributed by atoms with Crippen molar-refractivity contribution in [3.8, 4) is 0 Å². The molecule has 14 heavy (non-hydrogen) atoms.